The Kier molecular flexibility index (Phi) is 5.35. The van der Waals surface area contributed by atoms with Crippen LogP contribution in [-0.2, 0) is 29.6 Å². The zero-order chi connectivity index (χ0) is 16.8. The number of aliphatic carboxylic acids is 1. The van der Waals surface area contributed by atoms with E-state index in [1.807, 2.05) is 37.3 Å². The third kappa shape index (κ3) is 4.32. The number of carbonyl (C=O) groups excluding carboxylic acids is 1. The summed E-state index contributed by atoms with van der Waals surface area (Å²) in [5, 5.41) is 16.0. The van der Waals surface area contributed by atoms with Gasteiger partial charge in [0.1, 0.15) is 6.61 Å². The summed E-state index contributed by atoms with van der Waals surface area (Å²) in [6.07, 6.45) is 1.38. The molecule has 7 nitrogen and oxygen atoms in total. The van der Waals surface area contributed by atoms with E-state index in [9.17, 15) is 14.7 Å². The number of hydrogen-bond donors (Lipinski definition) is 2. The zero-order valence-corrected chi connectivity index (χ0v) is 13.0. The second kappa shape index (κ2) is 7.44. The SMILES string of the molecule is CCc1nn(C)cc1C(NC(=O)OCc1ccccc1)C(=O)O. The molecule has 0 spiro atoms. The molecule has 0 aliphatic carbocycles. The minimum atomic E-state index is -1.19. The van der Waals surface area contributed by atoms with E-state index in [2.05, 4.69) is 10.4 Å². The molecular formula is C16H19N3O4. The van der Waals surface area contributed by atoms with Crippen LogP contribution in [0.25, 0.3) is 0 Å². The quantitative estimate of drug-likeness (QED) is 0.850. The van der Waals surface area contributed by atoms with E-state index in [0.717, 1.165) is 5.56 Å². The van der Waals surface area contributed by atoms with E-state index in [1.54, 1.807) is 13.2 Å². The lowest BCUT2D eigenvalue weighted by Crippen LogP contribution is -2.34. The largest absolute Gasteiger partial charge is 0.479 e. The Bertz CT molecular complexity index is 682. The van der Waals surface area contributed by atoms with Crippen molar-refractivity contribution in [1.82, 2.24) is 15.1 Å². The summed E-state index contributed by atoms with van der Waals surface area (Å²) in [6, 6.07) is 7.97. The van der Waals surface area contributed by atoms with E-state index in [-0.39, 0.29) is 6.61 Å². The fraction of sp³-hybridized carbons (Fsp3) is 0.312. The van der Waals surface area contributed by atoms with Gasteiger partial charge in [0.2, 0.25) is 0 Å². The van der Waals surface area contributed by atoms with Crippen molar-refractivity contribution in [3.63, 3.8) is 0 Å². The van der Waals surface area contributed by atoms with Gasteiger partial charge >= 0.3 is 12.1 Å². The Balaban J connectivity index is 2.04. The number of hydrogen-bond acceptors (Lipinski definition) is 4. The maximum absolute atomic E-state index is 11.9. The smallest absolute Gasteiger partial charge is 0.408 e. The molecule has 2 rings (SSSR count). The van der Waals surface area contributed by atoms with Crippen molar-refractivity contribution in [2.24, 2.45) is 7.05 Å². The number of aryl methyl sites for hydroxylation is 2. The molecule has 0 aliphatic heterocycles. The van der Waals surface area contributed by atoms with E-state index in [1.165, 1.54) is 4.68 Å². The van der Waals surface area contributed by atoms with E-state index >= 15 is 0 Å². The number of benzene rings is 1. The lowest BCUT2D eigenvalue weighted by molar-refractivity contribution is -0.139. The van der Waals surface area contributed by atoms with Crippen molar-refractivity contribution >= 4 is 12.1 Å². The average Bonchev–Trinajstić information content (AvgIpc) is 2.92. The number of aromatic nitrogens is 2. The van der Waals surface area contributed by atoms with Crippen LogP contribution in [-0.4, -0.2) is 26.9 Å². The second-order valence-electron chi connectivity index (χ2n) is 5.04. The predicted molar refractivity (Wildman–Crippen MR) is 82.7 cm³/mol. The van der Waals surface area contributed by atoms with Gasteiger partial charge < -0.3 is 15.2 Å². The van der Waals surface area contributed by atoms with Crippen LogP contribution in [0, 0.1) is 0 Å². The first-order valence-electron chi connectivity index (χ1n) is 7.23. The lowest BCUT2D eigenvalue weighted by Gasteiger charge is -2.14. The standard InChI is InChI=1S/C16H19N3O4/c1-3-13-12(9-19(2)18-13)14(15(20)21)17-16(22)23-10-11-7-5-4-6-8-11/h4-9,14H,3,10H2,1-2H3,(H,17,22)(H,20,21). The third-order valence-electron chi connectivity index (χ3n) is 3.31. The molecule has 0 bridgehead atoms. The molecule has 7 heteroatoms. The Labute approximate surface area is 133 Å². The van der Waals surface area contributed by atoms with Crippen LogP contribution < -0.4 is 5.32 Å². The van der Waals surface area contributed by atoms with Gasteiger partial charge in [0, 0.05) is 18.8 Å². The highest BCUT2D eigenvalue weighted by Crippen LogP contribution is 2.18. The van der Waals surface area contributed by atoms with Gasteiger partial charge in [-0.2, -0.15) is 5.10 Å². The first kappa shape index (κ1) is 16.5. The lowest BCUT2D eigenvalue weighted by atomic mass is 10.1. The maximum Gasteiger partial charge on any atom is 0.408 e. The Morgan fingerprint density at radius 3 is 2.65 bits per heavy atom. The van der Waals surface area contributed by atoms with Crippen LogP contribution >= 0.6 is 0 Å². The molecule has 1 aromatic heterocycles. The van der Waals surface area contributed by atoms with E-state index < -0.39 is 18.1 Å². The van der Waals surface area contributed by atoms with Crippen LogP contribution in [0.3, 0.4) is 0 Å². The Hall–Kier alpha value is -2.83. The van der Waals surface area contributed by atoms with Crippen LogP contribution in [0.1, 0.15) is 29.8 Å². The Morgan fingerprint density at radius 2 is 2.04 bits per heavy atom. The van der Waals surface area contributed by atoms with Gasteiger partial charge in [0.05, 0.1) is 5.69 Å². The highest BCUT2D eigenvalue weighted by molar-refractivity contribution is 5.81. The number of carbonyl (C=O) groups is 2. The summed E-state index contributed by atoms with van der Waals surface area (Å²) in [6.45, 7) is 1.95. The number of amides is 1. The highest BCUT2D eigenvalue weighted by atomic mass is 16.5. The third-order valence-corrected chi connectivity index (χ3v) is 3.31. The number of nitrogens with one attached hydrogen (secondary N) is 1. The van der Waals surface area contributed by atoms with Gasteiger partial charge in [-0.25, -0.2) is 9.59 Å². The number of ether oxygens (including phenoxy) is 1. The molecule has 0 saturated carbocycles. The maximum atomic E-state index is 11.9. The summed E-state index contributed by atoms with van der Waals surface area (Å²) in [5.74, 6) is -1.16. The van der Waals surface area contributed by atoms with Crippen LogP contribution in [0.15, 0.2) is 36.5 Å². The van der Waals surface area contributed by atoms with Gasteiger partial charge in [0.25, 0.3) is 0 Å². The van der Waals surface area contributed by atoms with Crippen LogP contribution in [0.4, 0.5) is 4.79 Å². The normalized spacial score (nSPS) is 11.7. The molecule has 0 saturated heterocycles. The predicted octanol–water partition coefficient (Wildman–Crippen LogP) is 2.03. The molecule has 0 radical (unpaired) electrons. The van der Waals surface area contributed by atoms with Crippen molar-refractivity contribution in [2.45, 2.75) is 26.0 Å². The Morgan fingerprint density at radius 1 is 1.35 bits per heavy atom. The molecule has 1 atom stereocenters. The minimum absolute atomic E-state index is 0.0761. The summed E-state index contributed by atoms with van der Waals surface area (Å²) in [4.78, 5) is 23.4. The fourth-order valence-corrected chi connectivity index (χ4v) is 2.22. The molecule has 23 heavy (non-hydrogen) atoms. The first-order valence-corrected chi connectivity index (χ1v) is 7.23. The van der Waals surface area contributed by atoms with Gasteiger partial charge in [-0.3, -0.25) is 4.68 Å². The number of rotatable bonds is 6. The molecule has 122 valence electrons. The van der Waals surface area contributed by atoms with Crippen molar-refractivity contribution in [1.29, 1.82) is 0 Å². The van der Waals surface area contributed by atoms with Crippen LogP contribution in [0.5, 0.6) is 0 Å². The fourth-order valence-electron chi connectivity index (χ4n) is 2.22. The van der Waals surface area contributed by atoms with Crippen molar-refractivity contribution in [2.75, 3.05) is 0 Å². The van der Waals surface area contributed by atoms with Crippen molar-refractivity contribution < 1.29 is 19.4 Å². The number of carboxylic acids is 1. The van der Waals surface area contributed by atoms with E-state index in [0.29, 0.717) is 17.7 Å². The van der Waals surface area contributed by atoms with Gasteiger partial charge in [0.15, 0.2) is 6.04 Å². The average molecular weight is 317 g/mol. The molecule has 2 N–H and O–H groups in total. The second-order valence-corrected chi connectivity index (χ2v) is 5.04. The van der Waals surface area contributed by atoms with Gasteiger partial charge in [-0.1, -0.05) is 37.3 Å². The molecular weight excluding hydrogens is 298 g/mol. The summed E-state index contributed by atoms with van der Waals surface area (Å²) in [7, 11) is 1.70. The molecule has 0 aliphatic rings. The molecule has 1 aromatic carbocycles. The highest BCUT2D eigenvalue weighted by Gasteiger charge is 2.27. The zero-order valence-electron chi connectivity index (χ0n) is 13.0. The summed E-state index contributed by atoms with van der Waals surface area (Å²) >= 11 is 0. The minimum Gasteiger partial charge on any atom is -0.479 e. The molecule has 1 unspecified atom stereocenters. The van der Waals surface area contributed by atoms with Gasteiger partial charge in [-0.15, -0.1) is 0 Å². The monoisotopic (exact) mass is 317 g/mol. The molecule has 1 amide bonds. The molecule has 2 aromatic rings. The number of carboxylic acid groups (broad SMARTS) is 1. The van der Waals surface area contributed by atoms with E-state index in [4.69, 9.17) is 4.74 Å². The van der Waals surface area contributed by atoms with Crippen molar-refractivity contribution in [3.8, 4) is 0 Å². The first-order chi connectivity index (χ1) is 11.0. The van der Waals surface area contributed by atoms with Gasteiger partial charge in [-0.05, 0) is 12.0 Å². The van der Waals surface area contributed by atoms with Crippen LogP contribution in [0.2, 0.25) is 0 Å². The van der Waals surface area contributed by atoms with Crippen molar-refractivity contribution in [3.05, 3.63) is 53.3 Å². The summed E-state index contributed by atoms with van der Waals surface area (Å²) < 4.78 is 6.60. The molecule has 1 heterocycles. The molecule has 0 fully saturated rings. The summed E-state index contributed by atoms with van der Waals surface area (Å²) in [5.41, 5.74) is 1.91. The number of nitrogens with zero attached hydrogens (tertiary/aromatic N) is 2. The number of alkyl carbamates (subject to hydrolysis) is 1. The topological polar surface area (TPSA) is 93.5 Å².